The molecule has 1 aromatic heterocycles. The van der Waals surface area contributed by atoms with E-state index in [2.05, 4.69) is 0 Å². The minimum atomic E-state index is 0.00787. The number of aliphatic hydroxyl groups is 1. The van der Waals surface area contributed by atoms with Gasteiger partial charge in [0.2, 0.25) is 5.91 Å². The molecule has 1 amide bonds. The summed E-state index contributed by atoms with van der Waals surface area (Å²) in [7, 11) is 3.65. The minimum absolute atomic E-state index is 0.00787. The molecule has 0 saturated heterocycles. The Balaban J connectivity index is 2.42. The van der Waals surface area contributed by atoms with Gasteiger partial charge in [-0.1, -0.05) is 0 Å². The first kappa shape index (κ1) is 14.2. The molecule has 17 heavy (non-hydrogen) atoms. The lowest BCUT2D eigenvalue weighted by atomic mass is 10.3. The summed E-state index contributed by atoms with van der Waals surface area (Å²) in [4.78, 5) is 15.5. The van der Waals surface area contributed by atoms with Gasteiger partial charge in [0.25, 0.3) is 0 Å². The maximum Gasteiger partial charge on any atom is 0.236 e. The Morgan fingerprint density at radius 2 is 2.24 bits per heavy atom. The molecule has 0 aromatic carbocycles. The van der Waals surface area contributed by atoms with Gasteiger partial charge in [0.15, 0.2) is 0 Å². The summed E-state index contributed by atoms with van der Waals surface area (Å²) in [6.07, 6.45) is 0. The van der Waals surface area contributed by atoms with E-state index in [0.29, 0.717) is 13.1 Å². The zero-order chi connectivity index (χ0) is 12.8. The van der Waals surface area contributed by atoms with E-state index in [1.165, 1.54) is 0 Å². The highest BCUT2D eigenvalue weighted by atomic mass is 32.1. The Morgan fingerprint density at radius 3 is 2.76 bits per heavy atom. The van der Waals surface area contributed by atoms with E-state index in [4.69, 9.17) is 5.11 Å². The van der Waals surface area contributed by atoms with Gasteiger partial charge in [-0.2, -0.15) is 11.3 Å². The van der Waals surface area contributed by atoms with Crippen LogP contribution in [0.25, 0.3) is 0 Å². The van der Waals surface area contributed by atoms with E-state index in [-0.39, 0.29) is 18.6 Å². The van der Waals surface area contributed by atoms with E-state index in [1.54, 1.807) is 23.3 Å². The van der Waals surface area contributed by atoms with Crippen molar-refractivity contribution in [3.05, 3.63) is 22.4 Å². The van der Waals surface area contributed by atoms with Crippen LogP contribution in [-0.2, 0) is 11.3 Å². The molecule has 1 rings (SSSR count). The predicted molar refractivity (Wildman–Crippen MR) is 70.0 cm³/mol. The van der Waals surface area contributed by atoms with Gasteiger partial charge in [0.1, 0.15) is 0 Å². The maximum absolute atomic E-state index is 11.9. The Hall–Kier alpha value is -0.910. The molecule has 1 atom stereocenters. The van der Waals surface area contributed by atoms with Crippen molar-refractivity contribution in [2.24, 2.45) is 0 Å². The highest BCUT2D eigenvalue weighted by Gasteiger charge is 2.15. The highest BCUT2D eigenvalue weighted by molar-refractivity contribution is 7.07. The molecule has 1 heterocycles. The summed E-state index contributed by atoms with van der Waals surface area (Å²) in [5.74, 6) is 0.0685. The Bertz CT molecular complexity index is 340. The summed E-state index contributed by atoms with van der Waals surface area (Å²) >= 11 is 1.63. The Morgan fingerprint density at radius 1 is 1.53 bits per heavy atom. The van der Waals surface area contributed by atoms with Gasteiger partial charge < -0.3 is 10.0 Å². The Kier molecular flexibility index (Phi) is 5.61. The number of nitrogens with zero attached hydrogens (tertiary/aromatic N) is 2. The maximum atomic E-state index is 11.9. The first-order valence-electron chi connectivity index (χ1n) is 5.60. The molecule has 0 aliphatic carbocycles. The number of aliphatic hydroxyl groups excluding tert-OH is 1. The van der Waals surface area contributed by atoms with Crippen LogP contribution in [0.5, 0.6) is 0 Å². The van der Waals surface area contributed by atoms with Crippen LogP contribution < -0.4 is 0 Å². The molecular weight excluding hydrogens is 236 g/mol. The van der Waals surface area contributed by atoms with Crippen molar-refractivity contribution in [2.75, 3.05) is 27.2 Å². The van der Waals surface area contributed by atoms with Gasteiger partial charge in [0, 0.05) is 19.6 Å². The number of thiophene rings is 1. The van der Waals surface area contributed by atoms with E-state index < -0.39 is 0 Å². The van der Waals surface area contributed by atoms with Gasteiger partial charge in [-0.15, -0.1) is 0 Å². The fourth-order valence-corrected chi connectivity index (χ4v) is 2.03. The SMILES string of the molecule is CC(CO)N(C)CC(=O)N(C)Cc1ccsc1. The standard InChI is InChI=1S/C12H20N2O2S/c1-10(8-15)13(2)7-12(16)14(3)6-11-4-5-17-9-11/h4-5,9-10,15H,6-8H2,1-3H3. The first-order chi connectivity index (χ1) is 8.04. The predicted octanol–water partition coefficient (Wildman–Crippen LogP) is 1.02. The molecule has 1 N–H and O–H groups in total. The average molecular weight is 256 g/mol. The lowest BCUT2D eigenvalue weighted by Crippen LogP contribution is -2.41. The quantitative estimate of drug-likeness (QED) is 0.826. The summed E-state index contributed by atoms with van der Waals surface area (Å²) in [5, 5.41) is 13.1. The van der Waals surface area contributed by atoms with Crippen molar-refractivity contribution in [3.8, 4) is 0 Å². The lowest BCUT2D eigenvalue weighted by molar-refractivity contribution is -0.131. The van der Waals surface area contributed by atoms with Crippen molar-refractivity contribution in [1.82, 2.24) is 9.80 Å². The number of hydrogen-bond acceptors (Lipinski definition) is 4. The third-order valence-electron chi connectivity index (χ3n) is 2.83. The van der Waals surface area contributed by atoms with Crippen LogP contribution in [0.15, 0.2) is 16.8 Å². The molecule has 1 aromatic rings. The van der Waals surface area contributed by atoms with E-state index in [0.717, 1.165) is 5.56 Å². The summed E-state index contributed by atoms with van der Waals surface area (Å²) in [6.45, 7) is 2.94. The highest BCUT2D eigenvalue weighted by Crippen LogP contribution is 2.08. The normalized spacial score (nSPS) is 12.8. The Labute approximate surface area is 106 Å². The molecule has 0 fully saturated rings. The fourth-order valence-electron chi connectivity index (χ4n) is 1.37. The van der Waals surface area contributed by atoms with Crippen molar-refractivity contribution in [2.45, 2.75) is 19.5 Å². The molecular formula is C12H20N2O2S. The van der Waals surface area contributed by atoms with Crippen LogP contribution in [-0.4, -0.2) is 54.1 Å². The van der Waals surface area contributed by atoms with Crippen LogP contribution in [0.3, 0.4) is 0 Å². The van der Waals surface area contributed by atoms with Gasteiger partial charge in [-0.3, -0.25) is 9.69 Å². The number of likely N-dealkylation sites (N-methyl/N-ethyl adjacent to an activating group) is 2. The molecule has 0 saturated carbocycles. The van der Waals surface area contributed by atoms with E-state index >= 15 is 0 Å². The van der Waals surface area contributed by atoms with Crippen LogP contribution in [0.2, 0.25) is 0 Å². The summed E-state index contributed by atoms with van der Waals surface area (Å²) in [6, 6.07) is 2.03. The van der Waals surface area contributed by atoms with Gasteiger partial charge in [0.05, 0.1) is 13.2 Å². The molecule has 5 heteroatoms. The lowest BCUT2D eigenvalue weighted by Gasteiger charge is -2.25. The zero-order valence-electron chi connectivity index (χ0n) is 10.6. The molecule has 0 aliphatic rings. The zero-order valence-corrected chi connectivity index (χ0v) is 11.4. The summed E-state index contributed by atoms with van der Waals surface area (Å²) in [5.41, 5.74) is 1.16. The largest absolute Gasteiger partial charge is 0.395 e. The molecule has 4 nitrogen and oxygen atoms in total. The molecule has 0 aliphatic heterocycles. The molecule has 0 radical (unpaired) electrons. The second kappa shape index (κ2) is 6.74. The van der Waals surface area contributed by atoms with Crippen molar-refractivity contribution in [3.63, 3.8) is 0 Å². The van der Waals surface area contributed by atoms with Gasteiger partial charge in [-0.05, 0) is 36.4 Å². The summed E-state index contributed by atoms with van der Waals surface area (Å²) < 4.78 is 0. The van der Waals surface area contributed by atoms with Gasteiger partial charge in [-0.25, -0.2) is 0 Å². The minimum Gasteiger partial charge on any atom is -0.395 e. The number of rotatable bonds is 6. The topological polar surface area (TPSA) is 43.8 Å². The monoisotopic (exact) mass is 256 g/mol. The molecule has 0 spiro atoms. The second-order valence-corrected chi connectivity index (χ2v) is 5.11. The number of carbonyl (C=O) groups excluding carboxylic acids is 1. The smallest absolute Gasteiger partial charge is 0.236 e. The number of carbonyl (C=O) groups is 1. The van der Waals surface area contributed by atoms with Crippen molar-refractivity contribution >= 4 is 17.2 Å². The van der Waals surface area contributed by atoms with E-state index in [1.807, 2.05) is 35.7 Å². The molecule has 1 unspecified atom stereocenters. The van der Waals surface area contributed by atoms with Crippen LogP contribution in [0.4, 0.5) is 0 Å². The first-order valence-corrected chi connectivity index (χ1v) is 6.55. The number of amides is 1. The van der Waals surface area contributed by atoms with Crippen molar-refractivity contribution < 1.29 is 9.90 Å². The van der Waals surface area contributed by atoms with Crippen LogP contribution in [0, 0.1) is 0 Å². The van der Waals surface area contributed by atoms with E-state index in [9.17, 15) is 4.79 Å². The third-order valence-corrected chi connectivity index (χ3v) is 3.56. The third kappa shape index (κ3) is 4.46. The average Bonchev–Trinajstić information content (AvgIpc) is 2.80. The van der Waals surface area contributed by atoms with Crippen LogP contribution >= 0.6 is 11.3 Å². The molecule has 0 bridgehead atoms. The fraction of sp³-hybridized carbons (Fsp3) is 0.583. The second-order valence-electron chi connectivity index (χ2n) is 4.33. The molecule has 96 valence electrons. The van der Waals surface area contributed by atoms with Crippen molar-refractivity contribution in [1.29, 1.82) is 0 Å². The van der Waals surface area contributed by atoms with Crippen LogP contribution in [0.1, 0.15) is 12.5 Å². The number of hydrogen-bond donors (Lipinski definition) is 1. The van der Waals surface area contributed by atoms with Gasteiger partial charge >= 0.3 is 0 Å².